The van der Waals surface area contributed by atoms with E-state index in [0.29, 0.717) is 22.8 Å². The molecule has 2 rings (SSSR count). The molecular weight excluding hydrogens is 376 g/mol. The maximum Gasteiger partial charge on any atom is 0.288 e. The Morgan fingerprint density at radius 2 is 1.96 bits per heavy atom. The minimum Gasteiger partial charge on any atom is -0.497 e. The number of ether oxygens (including phenoxy) is 1. The lowest BCUT2D eigenvalue weighted by molar-refractivity contribution is -0.384. The second kappa shape index (κ2) is 8.86. The molecule has 9 nitrogen and oxygen atoms in total. The summed E-state index contributed by atoms with van der Waals surface area (Å²) in [4.78, 5) is 33.1. The third-order valence-electron chi connectivity index (χ3n) is 3.29. The predicted molar refractivity (Wildman–Crippen MR) is 99.2 cm³/mol. The van der Waals surface area contributed by atoms with Crippen molar-refractivity contribution in [2.75, 3.05) is 12.4 Å². The average molecular weight is 391 g/mol. The number of azo groups is 1. The van der Waals surface area contributed by atoms with Crippen molar-refractivity contribution in [1.29, 1.82) is 0 Å². The number of ketones is 1. The van der Waals surface area contributed by atoms with Gasteiger partial charge in [0.25, 0.3) is 5.69 Å². The van der Waals surface area contributed by atoms with Crippen LogP contribution in [0.2, 0.25) is 5.02 Å². The van der Waals surface area contributed by atoms with Crippen LogP contribution in [0.1, 0.15) is 13.3 Å². The minimum absolute atomic E-state index is 0.0684. The van der Waals surface area contributed by atoms with Gasteiger partial charge in [0.05, 0.1) is 29.8 Å². The van der Waals surface area contributed by atoms with Crippen LogP contribution in [0.5, 0.6) is 5.75 Å². The Hall–Kier alpha value is -3.33. The highest BCUT2D eigenvalue weighted by molar-refractivity contribution is 6.32. The van der Waals surface area contributed by atoms with Gasteiger partial charge in [-0.3, -0.25) is 19.7 Å². The highest BCUT2D eigenvalue weighted by Gasteiger charge is 2.13. The van der Waals surface area contributed by atoms with E-state index in [-0.39, 0.29) is 22.9 Å². The third kappa shape index (κ3) is 5.58. The van der Waals surface area contributed by atoms with Gasteiger partial charge in [0.2, 0.25) is 5.91 Å². The first-order valence-electron chi connectivity index (χ1n) is 7.63. The number of anilines is 1. The zero-order valence-electron chi connectivity index (χ0n) is 14.4. The second-order valence-corrected chi connectivity index (χ2v) is 5.81. The molecule has 1 N–H and O–H groups in total. The third-order valence-corrected chi connectivity index (χ3v) is 3.59. The number of amides is 1. The predicted octanol–water partition coefficient (Wildman–Crippen LogP) is 4.59. The zero-order chi connectivity index (χ0) is 20.0. The number of nitro groups is 1. The molecule has 10 heteroatoms. The maximum absolute atomic E-state index is 11.9. The largest absolute Gasteiger partial charge is 0.497 e. The van der Waals surface area contributed by atoms with Crippen LogP contribution in [0.15, 0.2) is 46.6 Å². The number of benzene rings is 2. The van der Waals surface area contributed by atoms with E-state index in [1.165, 1.54) is 38.3 Å². The number of hydrogen-bond donors (Lipinski definition) is 1. The van der Waals surface area contributed by atoms with E-state index >= 15 is 0 Å². The van der Waals surface area contributed by atoms with Crippen molar-refractivity contribution in [3.8, 4) is 5.75 Å². The van der Waals surface area contributed by atoms with Gasteiger partial charge in [0, 0.05) is 12.1 Å². The molecule has 2 aromatic rings. The number of methoxy groups -OCH3 is 1. The van der Waals surface area contributed by atoms with Gasteiger partial charge in [-0.15, -0.1) is 5.11 Å². The summed E-state index contributed by atoms with van der Waals surface area (Å²) in [6.07, 6.45) is -0.272. The lowest BCUT2D eigenvalue weighted by atomic mass is 10.2. The fraction of sp³-hybridized carbons (Fsp3) is 0.176. The highest BCUT2D eigenvalue weighted by atomic mass is 35.5. The first kappa shape index (κ1) is 20.0. The summed E-state index contributed by atoms with van der Waals surface area (Å²) >= 11 is 5.85. The van der Waals surface area contributed by atoms with Crippen molar-refractivity contribution < 1.29 is 19.2 Å². The van der Waals surface area contributed by atoms with Gasteiger partial charge in [0.15, 0.2) is 0 Å². The fourth-order valence-corrected chi connectivity index (χ4v) is 2.31. The molecule has 0 aromatic heterocycles. The molecule has 0 saturated carbocycles. The number of carbonyl (C=O) groups is 2. The van der Waals surface area contributed by atoms with E-state index in [1.54, 1.807) is 12.1 Å². The quantitative estimate of drug-likeness (QED) is 0.320. The molecule has 140 valence electrons. The lowest BCUT2D eigenvalue weighted by Gasteiger charge is -2.09. The van der Waals surface area contributed by atoms with E-state index in [1.807, 2.05) is 0 Å². The Balaban J connectivity index is 2.30. The summed E-state index contributed by atoms with van der Waals surface area (Å²) < 4.78 is 5.11. The first-order chi connectivity index (χ1) is 12.8. The van der Waals surface area contributed by atoms with Gasteiger partial charge in [-0.25, -0.2) is 0 Å². The summed E-state index contributed by atoms with van der Waals surface area (Å²) in [7, 11) is 1.47. The van der Waals surface area contributed by atoms with Crippen molar-refractivity contribution in [2.24, 2.45) is 10.2 Å². The Labute approximate surface area is 159 Å². The Morgan fingerprint density at radius 3 is 2.56 bits per heavy atom. The molecule has 0 spiro atoms. The summed E-state index contributed by atoms with van der Waals surface area (Å²) in [5.74, 6) is -0.296. The molecule has 2 aromatic carbocycles. The van der Waals surface area contributed by atoms with Crippen LogP contribution < -0.4 is 10.1 Å². The topological polar surface area (TPSA) is 123 Å². The second-order valence-electron chi connectivity index (χ2n) is 5.40. The van der Waals surface area contributed by atoms with Crippen LogP contribution in [-0.2, 0) is 9.59 Å². The van der Waals surface area contributed by atoms with Crippen LogP contribution in [-0.4, -0.2) is 23.7 Å². The van der Waals surface area contributed by atoms with Crippen LogP contribution in [0.3, 0.4) is 0 Å². The van der Waals surface area contributed by atoms with Crippen LogP contribution in [0.25, 0.3) is 0 Å². The smallest absolute Gasteiger partial charge is 0.288 e. The number of nitrogens with one attached hydrogen (secondary N) is 1. The number of carbonyl (C=O) groups excluding carboxylic acids is 2. The first-order valence-corrected chi connectivity index (χ1v) is 8.01. The molecule has 0 aliphatic heterocycles. The molecule has 27 heavy (non-hydrogen) atoms. The fourth-order valence-electron chi connectivity index (χ4n) is 2.07. The number of nitro benzene ring substituents is 1. The van der Waals surface area contributed by atoms with Crippen molar-refractivity contribution in [1.82, 2.24) is 0 Å². The minimum atomic E-state index is -0.602. The summed E-state index contributed by atoms with van der Waals surface area (Å²) in [6.45, 7) is 1.31. The normalized spacial score (nSPS) is 10.6. The number of hydrogen-bond acceptors (Lipinski definition) is 7. The van der Waals surface area contributed by atoms with Crippen LogP contribution in [0, 0.1) is 10.1 Å². The van der Waals surface area contributed by atoms with Gasteiger partial charge >= 0.3 is 0 Å². The van der Waals surface area contributed by atoms with Crippen molar-refractivity contribution in [2.45, 2.75) is 13.3 Å². The van der Waals surface area contributed by atoms with Gasteiger partial charge in [-0.1, -0.05) is 11.6 Å². The molecule has 0 bridgehead atoms. The maximum atomic E-state index is 11.9. The molecule has 0 saturated heterocycles. The van der Waals surface area contributed by atoms with Gasteiger partial charge in [-0.2, -0.15) is 5.11 Å². The molecule has 1 amide bonds. The van der Waals surface area contributed by atoms with E-state index in [0.717, 1.165) is 0 Å². The highest BCUT2D eigenvalue weighted by Crippen LogP contribution is 2.33. The van der Waals surface area contributed by atoms with E-state index in [9.17, 15) is 19.7 Å². The number of halogens is 1. The van der Waals surface area contributed by atoms with Gasteiger partial charge < -0.3 is 10.1 Å². The zero-order valence-corrected chi connectivity index (χ0v) is 15.2. The Bertz CT molecular complexity index is 930. The summed E-state index contributed by atoms with van der Waals surface area (Å²) in [6, 6.07) is 8.65. The Kier molecular flexibility index (Phi) is 6.56. The summed E-state index contributed by atoms with van der Waals surface area (Å²) in [5, 5.41) is 21.3. The average Bonchev–Trinajstić information content (AvgIpc) is 2.59. The number of Topliss-reactive ketones (excluding diaryl/α,β-unsaturated/α-hetero) is 1. The van der Waals surface area contributed by atoms with Gasteiger partial charge in [-0.05, 0) is 31.2 Å². The molecule has 0 aliphatic rings. The molecule has 0 heterocycles. The SMILES string of the molecule is COc1ccc(N=Nc2ccc([N+](=O)[O-])c(Cl)c2)c(NC(=O)CC(C)=O)c1. The van der Waals surface area contributed by atoms with E-state index in [2.05, 4.69) is 15.5 Å². The Morgan fingerprint density at radius 1 is 1.22 bits per heavy atom. The van der Waals surface area contributed by atoms with Crippen molar-refractivity contribution >= 4 is 46.0 Å². The van der Waals surface area contributed by atoms with Gasteiger partial charge in [0.1, 0.15) is 22.2 Å². The number of nitrogens with zero attached hydrogens (tertiary/aromatic N) is 3. The van der Waals surface area contributed by atoms with Crippen molar-refractivity contribution in [3.63, 3.8) is 0 Å². The van der Waals surface area contributed by atoms with Crippen molar-refractivity contribution in [3.05, 3.63) is 51.5 Å². The monoisotopic (exact) mass is 390 g/mol. The van der Waals surface area contributed by atoms with E-state index in [4.69, 9.17) is 16.3 Å². The van der Waals surface area contributed by atoms with Crippen LogP contribution in [0.4, 0.5) is 22.7 Å². The molecular formula is C17H15ClN4O5. The molecule has 0 aliphatic carbocycles. The molecule has 0 atom stereocenters. The standard InChI is InChI=1S/C17H15ClN4O5/c1-10(23)7-17(24)19-15-9-12(27-2)4-5-14(15)21-20-11-3-6-16(22(25)26)13(18)8-11/h3-6,8-9H,7H2,1-2H3,(H,19,24). The lowest BCUT2D eigenvalue weighted by Crippen LogP contribution is -2.14. The molecule has 0 fully saturated rings. The molecule has 0 radical (unpaired) electrons. The molecule has 0 unspecified atom stereocenters. The van der Waals surface area contributed by atoms with Crippen LogP contribution >= 0.6 is 11.6 Å². The van der Waals surface area contributed by atoms with E-state index < -0.39 is 10.8 Å². The number of rotatable bonds is 7. The summed E-state index contributed by atoms with van der Waals surface area (Å²) in [5.41, 5.74) is 0.666.